The lowest BCUT2D eigenvalue weighted by Gasteiger charge is -2.42. The standard InChI is InChI=1S/C19H23N6O9P/c1-24-7-23-17-12(16(24)21)22-8-25(17)18-14(27)15(34-35(29,30)31)13(26)11(33-18)6-32-19(28)9-4-2-3-5-10(9)20/h2-5,7-8,11,13-15,18,21,26-27H,6,20H2,1H3,(H2,29,30,31)/t11-,13-,14-,15+,18-/m1/s1. The molecule has 0 unspecified atom stereocenters. The van der Waals surface area contributed by atoms with Gasteiger partial charge in [0.2, 0.25) is 0 Å². The lowest BCUT2D eigenvalue weighted by molar-refractivity contribution is -0.246. The number of aliphatic hydroxyl groups is 2. The summed E-state index contributed by atoms with van der Waals surface area (Å²) in [7, 11) is -3.58. The Morgan fingerprint density at radius 2 is 1.94 bits per heavy atom. The van der Waals surface area contributed by atoms with Crippen molar-refractivity contribution < 1.29 is 43.4 Å². The topological polar surface area (TPSA) is 228 Å². The number of aromatic nitrogens is 4. The molecule has 3 aromatic rings. The third kappa shape index (κ3) is 4.97. The minimum absolute atomic E-state index is 0.00744. The number of hydrogen-bond acceptors (Lipinski definition) is 11. The molecule has 2 aromatic heterocycles. The molecule has 5 atom stereocenters. The average molecular weight is 510 g/mol. The first-order valence-electron chi connectivity index (χ1n) is 10.2. The van der Waals surface area contributed by atoms with Gasteiger partial charge in [0.25, 0.3) is 0 Å². The van der Waals surface area contributed by atoms with Crippen LogP contribution in [-0.4, -0.2) is 76.1 Å². The van der Waals surface area contributed by atoms with Crippen LogP contribution < -0.4 is 11.2 Å². The fourth-order valence-corrected chi connectivity index (χ4v) is 4.25. The van der Waals surface area contributed by atoms with Crippen molar-refractivity contribution in [2.75, 3.05) is 12.3 Å². The maximum atomic E-state index is 12.5. The van der Waals surface area contributed by atoms with Crippen LogP contribution in [-0.2, 0) is 25.6 Å². The Morgan fingerprint density at radius 1 is 1.23 bits per heavy atom. The largest absolute Gasteiger partial charge is 0.470 e. The number of anilines is 1. The number of aryl methyl sites for hydroxylation is 1. The van der Waals surface area contributed by atoms with E-state index in [1.807, 2.05) is 0 Å². The van der Waals surface area contributed by atoms with Gasteiger partial charge in [0.05, 0.1) is 18.2 Å². The monoisotopic (exact) mass is 510 g/mol. The van der Waals surface area contributed by atoms with Crippen LogP contribution in [0.3, 0.4) is 0 Å². The first-order valence-corrected chi connectivity index (χ1v) is 11.7. The summed E-state index contributed by atoms with van der Waals surface area (Å²) in [5.74, 6) is -0.824. The second kappa shape index (κ2) is 9.47. The van der Waals surface area contributed by atoms with E-state index >= 15 is 0 Å². The number of nitrogens with two attached hydrogens (primary N) is 1. The number of fused-ring (bicyclic) bond motifs is 1. The Labute approximate surface area is 197 Å². The summed E-state index contributed by atoms with van der Waals surface area (Å²) in [6, 6.07) is 6.13. The fourth-order valence-electron chi connectivity index (χ4n) is 3.69. The molecule has 0 amide bonds. The van der Waals surface area contributed by atoms with Crippen LogP contribution in [0.4, 0.5) is 5.69 Å². The van der Waals surface area contributed by atoms with E-state index in [1.165, 1.54) is 33.9 Å². The second-order valence-corrected chi connectivity index (χ2v) is 9.01. The summed E-state index contributed by atoms with van der Waals surface area (Å²) in [4.78, 5) is 39.4. The molecule has 0 bridgehead atoms. The van der Waals surface area contributed by atoms with Gasteiger partial charge in [-0.25, -0.2) is 19.3 Å². The van der Waals surface area contributed by atoms with Crippen molar-refractivity contribution in [2.24, 2.45) is 7.05 Å². The third-order valence-corrected chi connectivity index (χ3v) is 5.97. The number of carbonyl (C=O) groups is 1. The van der Waals surface area contributed by atoms with E-state index in [9.17, 15) is 29.4 Å². The lowest BCUT2D eigenvalue weighted by atomic mass is 9.98. The van der Waals surface area contributed by atoms with Crippen LogP contribution >= 0.6 is 7.82 Å². The number of phosphoric acid groups is 1. The number of rotatable bonds is 6. The molecule has 1 aliphatic heterocycles. The number of nitrogens with one attached hydrogen (secondary N) is 1. The van der Waals surface area contributed by atoms with Gasteiger partial charge in [-0.05, 0) is 12.1 Å². The molecule has 35 heavy (non-hydrogen) atoms. The lowest BCUT2D eigenvalue weighted by Crippen LogP contribution is -2.57. The highest BCUT2D eigenvalue weighted by Crippen LogP contribution is 2.43. The molecule has 0 saturated carbocycles. The number of nitrogen functional groups attached to an aromatic ring is 1. The van der Waals surface area contributed by atoms with Gasteiger partial charge in [0, 0.05) is 12.7 Å². The van der Waals surface area contributed by atoms with Gasteiger partial charge in [0.1, 0.15) is 36.5 Å². The van der Waals surface area contributed by atoms with E-state index in [4.69, 9.17) is 20.6 Å². The number of benzene rings is 1. The van der Waals surface area contributed by atoms with Crippen molar-refractivity contribution in [3.05, 3.63) is 48.0 Å². The van der Waals surface area contributed by atoms with E-state index in [2.05, 4.69) is 14.5 Å². The maximum Gasteiger partial charge on any atom is 0.470 e. The Kier molecular flexibility index (Phi) is 6.75. The van der Waals surface area contributed by atoms with Gasteiger partial charge in [-0.15, -0.1) is 0 Å². The summed E-state index contributed by atoms with van der Waals surface area (Å²) in [5.41, 5.74) is 6.29. The van der Waals surface area contributed by atoms with Gasteiger partial charge in [0.15, 0.2) is 17.4 Å². The highest BCUT2D eigenvalue weighted by molar-refractivity contribution is 7.46. The normalized spacial score (nSPS) is 25.0. The zero-order valence-corrected chi connectivity index (χ0v) is 19.1. The van der Waals surface area contributed by atoms with Crippen LogP contribution in [0.15, 0.2) is 36.9 Å². The Balaban J connectivity index is 1.65. The zero-order valence-electron chi connectivity index (χ0n) is 18.2. The third-order valence-electron chi connectivity index (χ3n) is 5.45. The Hall–Kier alpha value is -3.17. The van der Waals surface area contributed by atoms with Crippen molar-refractivity contribution in [1.29, 1.82) is 5.41 Å². The van der Waals surface area contributed by atoms with Gasteiger partial charge in [-0.2, -0.15) is 0 Å². The number of esters is 1. The second-order valence-electron chi connectivity index (χ2n) is 7.82. The number of phosphoric ester groups is 1. The van der Waals surface area contributed by atoms with Gasteiger partial charge < -0.3 is 39.8 Å². The molecule has 1 fully saturated rings. The Morgan fingerprint density at radius 3 is 2.63 bits per heavy atom. The predicted octanol–water partition coefficient (Wildman–Crippen LogP) is -1.21. The number of aliphatic hydroxyl groups excluding tert-OH is 2. The molecule has 188 valence electrons. The molecule has 1 aliphatic rings. The molecule has 1 saturated heterocycles. The van der Waals surface area contributed by atoms with Crippen molar-refractivity contribution in [3.8, 4) is 0 Å². The number of imidazole rings is 1. The van der Waals surface area contributed by atoms with Crippen molar-refractivity contribution >= 4 is 30.6 Å². The number of carbonyl (C=O) groups excluding carboxylic acids is 1. The zero-order chi connectivity index (χ0) is 25.5. The van der Waals surface area contributed by atoms with Crippen molar-refractivity contribution in [1.82, 2.24) is 19.1 Å². The van der Waals surface area contributed by atoms with Crippen LogP contribution in [0.5, 0.6) is 0 Å². The highest BCUT2D eigenvalue weighted by atomic mass is 31.2. The molecule has 16 heteroatoms. The van der Waals surface area contributed by atoms with Crippen LogP contribution in [0.2, 0.25) is 0 Å². The number of hydrogen-bond donors (Lipinski definition) is 6. The van der Waals surface area contributed by atoms with Gasteiger partial charge >= 0.3 is 13.8 Å². The van der Waals surface area contributed by atoms with E-state index in [0.29, 0.717) is 0 Å². The van der Waals surface area contributed by atoms with E-state index in [1.54, 1.807) is 19.2 Å². The van der Waals surface area contributed by atoms with Gasteiger partial charge in [-0.1, -0.05) is 12.1 Å². The molecule has 0 radical (unpaired) electrons. The summed E-state index contributed by atoms with van der Waals surface area (Å²) in [6.45, 7) is -0.572. The molecule has 4 rings (SSSR count). The number of ether oxygens (including phenoxy) is 2. The smallest absolute Gasteiger partial charge is 0.459 e. The summed E-state index contributed by atoms with van der Waals surface area (Å²) in [6.07, 6.45) is -5.72. The molecule has 3 heterocycles. The van der Waals surface area contributed by atoms with Crippen LogP contribution in [0.1, 0.15) is 16.6 Å². The molecular weight excluding hydrogens is 487 g/mol. The molecule has 7 N–H and O–H groups in total. The number of nitrogens with zero attached hydrogens (tertiary/aromatic N) is 4. The molecule has 0 spiro atoms. The van der Waals surface area contributed by atoms with Gasteiger partial charge in [-0.3, -0.25) is 14.5 Å². The number of para-hydroxylation sites is 1. The van der Waals surface area contributed by atoms with Crippen LogP contribution in [0, 0.1) is 5.41 Å². The fraction of sp³-hybridized carbons (Fsp3) is 0.368. The first kappa shape index (κ1) is 24.9. The maximum absolute atomic E-state index is 12.5. The molecule has 1 aromatic carbocycles. The summed E-state index contributed by atoms with van der Waals surface area (Å²) < 4.78 is 29.8. The van der Waals surface area contributed by atoms with E-state index < -0.39 is 51.0 Å². The first-order chi connectivity index (χ1) is 16.5. The van der Waals surface area contributed by atoms with E-state index in [-0.39, 0.29) is 27.9 Å². The summed E-state index contributed by atoms with van der Waals surface area (Å²) in [5, 5.41) is 29.6. The molecule has 15 nitrogen and oxygen atoms in total. The quantitative estimate of drug-likeness (QED) is 0.130. The molecule has 0 aliphatic carbocycles. The molecular formula is C19H23N6O9P. The van der Waals surface area contributed by atoms with Crippen molar-refractivity contribution in [3.63, 3.8) is 0 Å². The minimum Gasteiger partial charge on any atom is -0.459 e. The minimum atomic E-state index is -5.17. The summed E-state index contributed by atoms with van der Waals surface area (Å²) >= 11 is 0. The van der Waals surface area contributed by atoms with Crippen molar-refractivity contribution in [2.45, 2.75) is 30.6 Å². The Bertz CT molecular complexity index is 1350. The SMILES string of the molecule is Cn1cnc2c(ncn2[C@@H]2O[C@H](COC(=O)c3ccccc3N)[C@@H](O)[C@H](OP(=O)(O)O)[C@H]2O)c1=N. The highest BCUT2D eigenvalue weighted by Gasteiger charge is 2.49. The van der Waals surface area contributed by atoms with E-state index in [0.717, 1.165) is 0 Å². The predicted molar refractivity (Wildman–Crippen MR) is 116 cm³/mol. The average Bonchev–Trinajstić information content (AvgIpc) is 3.22. The van der Waals surface area contributed by atoms with Crippen LogP contribution in [0.25, 0.3) is 11.2 Å².